The monoisotopic (exact) mass is 555 g/mol. The van der Waals surface area contributed by atoms with Gasteiger partial charge in [0.1, 0.15) is 5.75 Å². The van der Waals surface area contributed by atoms with Crippen molar-refractivity contribution in [3.05, 3.63) is 59.7 Å². The van der Waals surface area contributed by atoms with E-state index >= 15 is 0 Å². The van der Waals surface area contributed by atoms with Gasteiger partial charge in [0, 0.05) is 17.6 Å². The summed E-state index contributed by atoms with van der Waals surface area (Å²) in [5.41, 5.74) is 1.35. The van der Waals surface area contributed by atoms with Crippen molar-refractivity contribution in [2.45, 2.75) is 19.1 Å². The third-order valence-electron chi connectivity index (χ3n) is 4.29. The van der Waals surface area contributed by atoms with Crippen LogP contribution >= 0.6 is 15.9 Å². The third-order valence-corrected chi connectivity index (χ3v) is 4.85. The van der Waals surface area contributed by atoms with Crippen LogP contribution in [0.15, 0.2) is 48.5 Å². The maximum atomic E-state index is 12.6. The van der Waals surface area contributed by atoms with Gasteiger partial charge in [-0.3, -0.25) is 0 Å². The van der Waals surface area contributed by atoms with Gasteiger partial charge in [-0.15, -0.1) is 0 Å². The molecule has 0 saturated heterocycles. The fourth-order valence-electron chi connectivity index (χ4n) is 2.66. The van der Waals surface area contributed by atoms with Crippen molar-refractivity contribution < 1.29 is 32.5 Å². The number of alkyl halides is 4. The largest absolute Gasteiger partial charge is 0.494 e. The number of anilines is 3. The molecule has 3 N–H and O–H groups in total. The lowest BCUT2D eigenvalue weighted by atomic mass is 10.2. The number of carbonyl (C=O) groups is 1. The van der Waals surface area contributed by atoms with Crippen molar-refractivity contribution in [2.24, 2.45) is 0 Å². The quantitative estimate of drug-likeness (QED) is 0.209. The Morgan fingerprint density at radius 1 is 0.971 bits per heavy atom. The molecule has 2 aromatic carbocycles. The SMILES string of the molecule is O=C(O)c1ccc(Nc2nc(NCc3ccc(OCCCBr)cc3)nc(OCC(F)(F)F)n2)cc1. The predicted octanol–water partition coefficient (Wildman–Crippen LogP) is 5.03. The maximum Gasteiger partial charge on any atom is 0.422 e. The normalized spacial score (nSPS) is 11.1. The minimum absolute atomic E-state index is 0.0144. The molecule has 0 atom stereocenters. The van der Waals surface area contributed by atoms with Crippen LogP contribution in [0, 0.1) is 0 Å². The highest BCUT2D eigenvalue weighted by molar-refractivity contribution is 9.09. The Hall–Kier alpha value is -3.61. The molecule has 0 radical (unpaired) electrons. The van der Waals surface area contributed by atoms with Crippen LogP contribution in [0.1, 0.15) is 22.3 Å². The van der Waals surface area contributed by atoms with Crippen LogP contribution in [0.2, 0.25) is 0 Å². The second kappa shape index (κ2) is 12.2. The van der Waals surface area contributed by atoms with E-state index in [1.54, 1.807) is 0 Å². The third kappa shape index (κ3) is 8.92. The first kappa shape index (κ1) is 26.0. The summed E-state index contributed by atoms with van der Waals surface area (Å²) < 4.78 is 48.1. The summed E-state index contributed by atoms with van der Waals surface area (Å²) >= 11 is 3.34. The number of carboxylic acid groups (broad SMARTS) is 1. The molecule has 0 fully saturated rings. The fourth-order valence-corrected chi connectivity index (χ4v) is 2.89. The number of hydrogen-bond acceptors (Lipinski definition) is 8. The van der Waals surface area contributed by atoms with Gasteiger partial charge in [0.25, 0.3) is 0 Å². The second-order valence-electron chi connectivity index (χ2n) is 7.07. The van der Waals surface area contributed by atoms with Crippen molar-refractivity contribution in [2.75, 3.05) is 29.2 Å². The Kier molecular flexibility index (Phi) is 9.06. The predicted molar refractivity (Wildman–Crippen MR) is 126 cm³/mol. The van der Waals surface area contributed by atoms with E-state index in [-0.39, 0.29) is 24.0 Å². The molecule has 9 nitrogen and oxygen atoms in total. The van der Waals surface area contributed by atoms with Gasteiger partial charge in [0.2, 0.25) is 11.9 Å². The van der Waals surface area contributed by atoms with Crippen LogP contribution in [0.3, 0.4) is 0 Å². The number of aromatic carboxylic acids is 1. The van der Waals surface area contributed by atoms with Crippen LogP contribution in [0.5, 0.6) is 11.8 Å². The summed E-state index contributed by atoms with van der Waals surface area (Å²) in [5, 5.41) is 15.6. The molecule has 3 aromatic rings. The molecule has 1 heterocycles. The van der Waals surface area contributed by atoms with Crippen molar-refractivity contribution in [3.8, 4) is 11.8 Å². The first-order chi connectivity index (χ1) is 16.7. The van der Waals surface area contributed by atoms with E-state index in [4.69, 9.17) is 9.84 Å². The number of benzene rings is 2. The first-order valence-corrected chi connectivity index (χ1v) is 11.4. The minimum atomic E-state index is -4.57. The molecular weight excluding hydrogens is 535 g/mol. The molecule has 0 aliphatic carbocycles. The molecular formula is C22H21BrF3N5O4. The van der Waals surface area contributed by atoms with Gasteiger partial charge in [-0.1, -0.05) is 28.1 Å². The Morgan fingerprint density at radius 2 is 1.66 bits per heavy atom. The summed E-state index contributed by atoms with van der Waals surface area (Å²) in [5.74, 6) is -0.472. The first-order valence-electron chi connectivity index (χ1n) is 10.3. The van der Waals surface area contributed by atoms with Gasteiger partial charge in [0.15, 0.2) is 6.61 Å². The number of nitrogens with zero attached hydrogens (tertiary/aromatic N) is 3. The number of nitrogens with one attached hydrogen (secondary N) is 2. The zero-order valence-electron chi connectivity index (χ0n) is 18.2. The lowest BCUT2D eigenvalue weighted by Crippen LogP contribution is -2.21. The standard InChI is InChI=1S/C22H21BrF3N5O4/c23-10-1-11-34-17-8-2-14(3-9-17)12-27-19-29-20(31-21(30-19)35-13-22(24,25)26)28-16-6-4-15(5-7-16)18(32)33/h2-9H,1,10-13H2,(H,32,33)(H2,27,28,29,30,31). The number of aromatic nitrogens is 3. The number of halogens is 4. The lowest BCUT2D eigenvalue weighted by molar-refractivity contribution is -0.154. The van der Waals surface area contributed by atoms with Gasteiger partial charge in [-0.25, -0.2) is 4.79 Å². The number of rotatable bonds is 12. The highest BCUT2D eigenvalue weighted by atomic mass is 79.9. The van der Waals surface area contributed by atoms with Gasteiger partial charge in [-0.2, -0.15) is 28.1 Å². The van der Waals surface area contributed by atoms with Gasteiger partial charge in [-0.05, 0) is 48.4 Å². The van der Waals surface area contributed by atoms with Gasteiger partial charge < -0.3 is 25.2 Å². The zero-order chi connectivity index (χ0) is 25.3. The van der Waals surface area contributed by atoms with E-state index < -0.39 is 24.8 Å². The van der Waals surface area contributed by atoms with Crippen LogP contribution in [0.4, 0.5) is 30.8 Å². The topological polar surface area (TPSA) is 118 Å². The average Bonchev–Trinajstić information content (AvgIpc) is 2.82. The van der Waals surface area contributed by atoms with E-state index in [0.717, 1.165) is 23.1 Å². The molecule has 13 heteroatoms. The van der Waals surface area contributed by atoms with E-state index in [9.17, 15) is 18.0 Å². The number of ether oxygens (including phenoxy) is 2. The molecule has 35 heavy (non-hydrogen) atoms. The summed E-state index contributed by atoms with van der Waals surface area (Å²) in [6.45, 7) is -0.708. The minimum Gasteiger partial charge on any atom is -0.494 e. The van der Waals surface area contributed by atoms with Crippen molar-refractivity contribution in [1.82, 2.24) is 15.0 Å². The molecule has 3 rings (SSSR count). The maximum absolute atomic E-state index is 12.6. The van der Waals surface area contributed by atoms with E-state index in [0.29, 0.717) is 12.3 Å². The summed E-state index contributed by atoms with van der Waals surface area (Å²) in [4.78, 5) is 22.9. The molecule has 0 amide bonds. The molecule has 186 valence electrons. The summed E-state index contributed by atoms with van der Waals surface area (Å²) in [6, 6.07) is 12.4. The number of carboxylic acids is 1. The Labute approximate surface area is 206 Å². The molecule has 1 aromatic heterocycles. The van der Waals surface area contributed by atoms with E-state index in [1.807, 2.05) is 24.3 Å². The molecule has 0 unspecified atom stereocenters. The Bertz CT molecular complexity index is 1120. The molecule has 0 saturated carbocycles. The van der Waals surface area contributed by atoms with Crippen molar-refractivity contribution >= 4 is 39.5 Å². The molecule has 0 aliphatic heterocycles. The smallest absolute Gasteiger partial charge is 0.422 e. The molecule has 0 aliphatic rings. The van der Waals surface area contributed by atoms with E-state index in [2.05, 4.69) is 46.3 Å². The second-order valence-corrected chi connectivity index (χ2v) is 7.86. The van der Waals surface area contributed by atoms with Crippen LogP contribution < -0.4 is 20.1 Å². The van der Waals surface area contributed by atoms with E-state index in [1.165, 1.54) is 24.3 Å². The Balaban J connectivity index is 1.72. The zero-order valence-corrected chi connectivity index (χ0v) is 19.8. The number of hydrogen-bond donors (Lipinski definition) is 3. The highest BCUT2D eigenvalue weighted by Crippen LogP contribution is 2.21. The van der Waals surface area contributed by atoms with Crippen molar-refractivity contribution in [1.29, 1.82) is 0 Å². The highest BCUT2D eigenvalue weighted by Gasteiger charge is 2.29. The Morgan fingerprint density at radius 3 is 2.29 bits per heavy atom. The summed E-state index contributed by atoms with van der Waals surface area (Å²) in [7, 11) is 0. The molecule has 0 bridgehead atoms. The van der Waals surface area contributed by atoms with Crippen LogP contribution in [-0.4, -0.2) is 50.7 Å². The van der Waals surface area contributed by atoms with Crippen molar-refractivity contribution in [3.63, 3.8) is 0 Å². The molecule has 0 spiro atoms. The average molecular weight is 556 g/mol. The van der Waals surface area contributed by atoms with Crippen LogP contribution in [-0.2, 0) is 6.54 Å². The summed E-state index contributed by atoms with van der Waals surface area (Å²) in [6.07, 6.45) is -3.69. The van der Waals surface area contributed by atoms with Gasteiger partial charge in [0.05, 0.1) is 12.2 Å². The fraction of sp³-hybridized carbons (Fsp3) is 0.273. The van der Waals surface area contributed by atoms with Crippen LogP contribution in [0.25, 0.3) is 0 Å². The lowest BCUT2D eigenvalue weighted by Gasteiger charge is -2.12. The van der Waals surface area contributed by atoms with Gasteiger partial charge >= 0.3 is 18.2 Å².